The van der Waals surface area contributed by atoms with E-state index in [1.807, 2.05) is 25.2 Å². The van der Waals surface area contributed by atoms with Crippen LogP contribution in [0, 0.1) is 6.92 Å². The third-order valence-corrected chi connectivity index (χ3v) is 3.60. The van der Waals surface area contributed by atoms with Crippen molar-refractivity contribution in [2.75, 3.05) is 0 Å². The second-order valence-electron chi connectivity index (χ2n) is 5.12. The molecule has 0 aliphatic rings. The normalized spacial score (nSPS) is 10.9. The summed E-state index contributed by atoms with van der Waals surface area (Å²) in [5.41, 5.74) is 4.90. The Balaban J connectivity index is 2.19. The number of fused-ring (bicyclic) bond motifs is 1. The van der Waals surface area contributed by atoms with Gasteiger partial charge in [-0.1, -0.05) is 29.8 Å². The first-order valence-corrected chi connectivity index (χ1v) is 6.61. The Labute approximate surface area is 117 Å². The Morgan fingerprint density at radius 1 is 1.10 bits per heavy atom. The first-order chi connectivity index (χ1) is 9.56. The van der Waals surface area contributed by atoms with Crippen molar-refractivity contribution in [3.63, 3.8) is 0 Å². The second kappa shape index (κ2) is 4.60. The highest BCUT2D eigenvalue weighted by Gasteiger charge is 2.11. The minimum Gasteiger partial charge on any atom is -0.327 e. The van der Waals surface area contributed by atoms with Crippen molar-refractivity contribution < 1.29 is 4.79 Å². The van der Waals surface area contributed by atoms with Crippen molar-refractivity contribution in [2.45, 2.75) is 13.8 Å². The molecule has 20 heavy (non-hydrogen) atoms. The number of carbonyl (C=O) groups is 1. The third-order valence-electron chi connectivity index (χ3n) is 3.60. The number of benzene rings is 2. The van der Waals surface area contributed by atoms with Gasteiger partial charge in [0.2, 0.25) is 0 Å². The van der Waals surface area contributed by atoms with Crippen LogP contribution in [0.3, 0.4) is 0 Å². The average molecular weight is 264 g/mol. The maximum Gasteiger partial charge on any atom is 0.159 e. The maximum absolute atomic E-state index is 11.5. The van der Waals surface area contributed by atoms with E-state index in [1.165, 1.54) is 5.56 Å². The molecule has 0 N–H and O–H groups in total. The molecule has 0 aliphatic carbocycles. The zero-order chi connectivity index (χ0) is 14.3. The summed E-state index contributed by atoms with van der Waals surface area (Å²) in [5.74, 6) is 0.982. The Morgan fingerprint density at radius 3 is 2.45 bits per heavy atom. The molecular weight excluding hydrogens is 248 g/mol. The molecule has 0 saturated heterocycles. The molecule has 3 aromatic rings. The van der Waals surface area contributed by atoms with Crippen molar-refractivity contribution in [1.29, 1.82) is 0 Å². The van der Waals surface area contributed by atoms with Gasteiger partial charge in [-0.3, -0.25) is 4.79 Å². The Bertz CT molecular complexity index is 798. The third kappa shape index (κ3) is 2.01. The molecule has 2 aromatic carbocycles. The molecule has 100 valence electrons. The number of nitrogens with zero attached hydrogens (tertiary/aromatic N) is 2. The lowest BCUT2D eigenvalue weighted by Gasteiger charge is -2.02. The van der Waals surface area contributed by atoms with Crippen LogP contribution in [0.15, 0.2) is 42.5 Å². The fraction of sp³-hybridized carbons (Fsp3) is 0.176. The summed E-state index contributed by atoms with van der Waals surface area (Å²) in [4.78, 5) is 16.1. The number of imidazole rings is 1. The van der Waals surface area contributed by atoms with Crippen LogP contribution in [0.4, 0.5) is 0 Å². The van der Waals surface area contributed by atoms with E-state index in [0.717, 1.165) is 22.4 Å². The maximum atomic E-state index is 11.5. The van der Waals surface area contributed by atoms with Crippen molar-refractivity contribution >= 4 is 16.8 Å². The molecule has 1 aromatic heterocycles. The van der Waals surface area contributed by atoms with Crippen molar-refractivity contribution in [3.05, 3.63) is 53.6 Å². The quantitative estimate of drug-likeness (QED) is 0.661. The van der Waals surface area contributed by atoms with E-state index in [-0.39, 0.29) is 5.78 Å². The molecule has 0 saturated carbocycles. The fourth-order valence-electron chi connectivity index (χ4n) is 2.38. The number of aromatic nitrogens is 2. The summed E-state index contributed by atoms with van der Waals surface area (Å²) >= 11 is 0. The van der Waals surface area contributed by atoms with Crippen LogP contribution >= 0.6 is 0 Å². The molecule has 0 unspecified atom stereocenters. The highest BCUT2D eigenvalue weighted by atomic mass is 16.1. The zero-order valence-corrected chi connectivity index (χ0v) is 11.8. The van der Waals surface area contributed by atoms with Gasteiger partial charge in [-0.25, -0.2) is 4.98 Å². The summed E-state index contributed by atoms with van der Waals surface area (Å²) in [6.07, 6.45) is 0. The predicted molar refractivity (Wildman–Crippen MR) is 80.9 cm³/mol. The van der Waals surface area contributed by atoms with Crippen LogP contribution in [0.5, 0.6) is 0 Å². The summed E-state index contributed by atoms with van der Waals surface area (Å²) in [5, 5.41) is 0. The summed E-state index contributed by atoms with van der Waals surface area (Å²) in [7, 11) is 2.00. The average Bonchev–Trinajstić information content (AvgIpc) is 2.76. The van der Waals surface area contributed by atoms with E-state index in [2.05, 4.69) is 40.7 Å². The van der Waals surface area contributed by atoms with Gasteiger partial charge in [0.25, 0.3) is 0 Å². The summed E-state index contributed by atoms with van der Waals surface area (Å²) < 4.78 is 2.06. The molecule has 0 spiro atoms. The molecular formula is C17H16N2O. The van der Waals surface area contributed by atoms with Gasteiger partial charge >= 0.3 is 0 Å². The molecule has 3 heteroatoms. The SMILES string of the molecule is CC(=O)c1ccc2c(c1)nc(-c1ccc(C)cc1)n2C. The van der Waals surface area contributed by atoms with Gasteiger partial charge in [0.15, 0.2) is 5.78 Å². The molecule has 0 bridgehead atoms. The Kier molecular flexibility index (Phi) is 2.90. The lowest BCUT2D eigenvalue weighted by Crippen LogP contribution is -1.93. The van der Waals surface area contributed by atoms with Gasteiger partial charge in [0, 0.05) is 18.2 Å². The Hall–Kier alpha value is -2.42. The van der Waals surface area contributed by atoms with E-state index in [1.54, 1.807) is 6.92 Å². The van der Waals surface area contributed by atoms with E-state index in [9.17, 15) is 4.79 Å². The van der Waals surface area contributed by atoms with E-state index < -0.39 is 0 Å². The van der Waals surface area contributed by atoms with Crippen LogP contribution in [0.25, 0.3) is 22.4 Å². The number of ketones is 1. The van der Waals surface area contributed by atoms with Gasteiger partial charge in [0.05, 0.1) is 11.0 Å². The van der Waals surface area contributed by atoms with Crippen LogP contribution in [-0.4, -0.2) is 15.3 Å². The first kappa shape index (κ1) is 12.6. The van der Waals surface area contributed by atoms with Gasteiger partial charge < -0.3 is 4.57 Å². The summed E-state index contributed by atoms with van der Waals surface area (Å²) in [6, 6.07) is 14.0. The number of rotatable bonds is 2. The predicted octanol–water partition coefficient (Wildman–Crippen LogP) is 3.75. The van der Waals surface area contributed by atoms with Crippen molar-refractivity contribution in [3.8, 4) is 11.4 Å². The lowest BCUT2D eigenvalue weighted by molar-refractivity contribution is 0.101. The molecule has 3 rings (SSSR count). The van der Waals surface area contributed by atoms with Crippen molar-refractivity contribution in [2.24, 2.45) is 7.05 Å². The summed E-state index contributed by atoms with van der Waals surface area (Å²) in [6.45, 7) is 3.64. The van der Waals surface area contributed by atoms with Crippen LogP contribution in [0.2, 0.25) is 0 Å². The number of hydrogen-bond donors (Lipinski definition) is 0. The first-order valence-electron chi connectivity index (χ1n) is 6.61. The Morgan fingerprint density at radius 2 is 1.80 bits per heavy atom. The topological polar surface area (TPSA) is 34.9 Å². The molecule has 0 radical (unpaired) electrons. The lowest BCUT2D eigenvalue weighted by atomic mass is 10.1. The molecule has 3 nitrogen and oxygen atoms in total. The number of carbonyl (C=O) groups excluding carboxylic acids is 1. The van der Waals surface area contributed by atoms with Gasteiger partial charge in [-0.05, 0) is 32.0 Å². The zero-order valence-electron chi connectivity index (χ0n) is 11.8. The van der Waals surface area contributed by atoms with Crippen LogP contribution in [-0.2, 0) is 7.05 Å². The van der Waals surface area contributed by atoms with Crippen LogP contribution < -0.4 is 0 Å². The van der Waals surface area contributed by atoms with Crippen LogP contribution in [0.1, 0.15) is 22.8 Å². The smallest absolute Gasteiger partial charge is 0.159 e. The van der Waals surface area contributed by atoms with E-state index in [0.29, 0.717) is 5.56 Å². The van der Waals surface area contributed by atoms with Gasteiger partial charge in [0.1, 0.15) is 5.82 Å². The van der Waals surface area contributed by atoms with E-state index >= 15 is 0 Å². The molecule has 1 heterocycles. The molecule has 0 fully saturated rings. The number of aryl methyl sites for hydroxylation is 2. The highest BCUT2D eigenvalue weighted by Crippen LogP contribution is 2.24. The minimum absolute atomic E-state index is 0.0643. The molecule has 0 aliphatic heterocycles. The van der Waals surface area contributed by atoms with Gasteiger partial charge in [-0.15, -0.1) is 0 Å². The number of Topliss-reactive ketones (excluding diaryl/α,β-unsaturated/α-hetero) is 1. The van der Waals surface area contributed by atoms with Crippen molar-refractivity contribution in [1.82, 2.24) is 9.55 Å². The van der Waals surface area contributed by atoms with Gasteiger partial charge in [-0.2, -0.15) is 0 Å². The second-order valence-corrected chi connectivity index (χ2v) is 5.12. The minimum atomic E-state index is 0.0643. The van der Waals surface area contributed by atoms with E-state index in [4.69, 9.17) is 0 Å². The standard InChI is InChI=1S/C17H16N2O/c1-11-4-6-13(7-5-11)17-18-15-10-14(12(2)20)8-9-16(15)19(17)3/h4-10H,1-3H3. The fourth-order valence-corrected chi connectivity index (χ4v) is 2.38. The molecule has 0 amide bonds. The monoisotopic (exact) mass is 264 g/mol. The number of hydrogen-bond acceptors (Lipinski definition) is 2. The highest BCUT2D eigenvalue weighted by molar-refractivity contribution is 5.97. The molecule has 0 atom stereocenters. The largest absolute Gasteiger partial charge is 0.327 e.